The molecule has 0 aliphatic heterocycles. The number of pyridine rings is 4. The number of nitrogens with zero attached hydrogens (tertiary/aromatic N) is 4. The Hall–Kier alpha value is -7.46. The summed E-state index contributed by atoms with van der Waals surface area (Å²) in [5.41, 5.74) is 9.06. The fourth-order valence-corrected chi connectivity index (χ4v) is 8.08. The molecule has 10 nitrogen and oxygen atoms in total. The van der Waals surface area contributed by atoms with E-state index in [1.807, 2.05) is 128 Å². The maximum atomic E-state index is 12.7. The quantitative estimate of drug-likeness (QED) is 0.135. The van der Waals surface area contributed by atoms with Gasteiger partial charge in [-0.2, -0.15) is 0 Å². The Labute approximate surface area is 351 Å². The van der Waals surface area contributed by atoms with Crippen LogP contribution in [0.5, 0.6) is 0 Å². The van der Waals surface area contributed by atoms with Crippen molar-refractivity contribution in [3.05, 3.63) is 211 Å². The van der Waals surface area contributed by atoms with Crippen molar-refractivity contribution in [3.8, 4) is 11.4 Å². The standard InChI is InChI=1S/C26H22N2O3.C25H20N2O3/c1-31-26(30)22-14-19(17-10-11-17)16-27-23(22)15-18-6-5-9-24-21(18)12-13-25(29)28(24)20-7-3-2-4-8-20;28-24-12-11-20-17(5-4-8-23(20)27(24)19-6-2-1-3-7-19)14-22-21(25(29)30)13-18(15-26-22)16-9-10-16/h2-9,12-14,16-17H,10-11,15H2,1H3;1-8,11-13,15-16H,9-10,14H2,(H,29,30). The van der Waals surface area contributed by atoms with Crippen molar-refractivity contribution in [2.24, 2.45) is 0 Å². The van der Waals surface area contributed by atoms with E-state index in [9.17, 15) is 24.3 Å². The van der Waals surface area contributed by atoms with Crippen molar-refractivity contribution in [1.29, 1.82) is 0 Å². The molecule has 0 unspecified atom stereocenters. The number of methoxy groups -OCH3 is 1. The molecule has 4 heterocycles. The minimum Gasteiger partial charge on any atom is -0.478 e. The number of ether oxygens (including phenoxy) is 1. The highest BCUT2D eigenvalue weighted by Crippen LogP contribution is 2.41. The molecule has 4 aromatic carbocycles. The number of rotatable bonds is 10. The van der Waals surface area contributed by atoms with Crippen molar-refractivity contribution in [2.75, 3.05) is 7.11 Å². The van der Waals surface area contributed by atoms with E-state index in [-0.39, 0.29) is 22.7 Å². The highest BCUT2D eigenvalue weighted by atomic mass is 16.5. The van der Waals surface area contributed by atoms with Gasteiger partial charge in [-0.3, -0.25) is 28.7 Å². The summed E-state index contributed by atoms with van der Waals surface area (Å²) >= 11 is 0. The SMILES string of the molecule is COC(=O)c1cc(C2CC2)cnc1Cc1cccc2c1ccc(=O)n2-c1ccccc1.O=C(O)c1cc(C2CC2)cnc1Cc1cccc2c1ccc(=O)n2-c1ccccc1. The average molecular weight is 807 g/mol. The van der Waals surface area contributed by atoms with E-state index in [1.165, 1.54) is 7.11 Å². The maximum absolute atomic E-state index is 12.7. The van der Waals surface area contributed by atoms with Crippen LogP contribution in [-0.2, 0) is 17.6 Å². The Balaban J connectivity index is 0.000000156. The van der Waals surface area contributed by atoms with Gasteiger partial charge in [0.2, 0.25) is 0 Å². The Bertz CT molecular complexity index is 3080. The van der Waals surface area contributed by atoms with Crippen LogP contribution in [0.4, 0.5) is 0 Å². The molecular weight excluding hydrogens is 765 g/mol. The van der Waals surface area contributed by atoms with E-state index in [1.54, 1.807) is 27.3 Å². The average Bonchev–Trinajstić information content (AvgIpc) is 4.23. The highest BCUT2D eigenvalue weighted by Gasteiger charge is 2.27. The third kappa shape index (κ3) is 8.12. The molecule has 0 radical (unpaired) electrons. The molecule has 61 heavy (non-hydrogen) atoms. The zero-order chi connectivity index (χ0) is 42.0. The van der Waals surface area contributed by atoms with Crippen LogP contribution in [0.2, 0.25) is 0 Å². The monoisotopic (exact) mass is 806 g/mol. The summed E-state index contributed by atoms with van der Waals surface area (Å²) in [7, 11) is 1.40. The van der Waals surface area contributed by atoms with Crippen molar-refractivity contribution in [3.63, 3.8) is 0 Å². The number of carbonyl (C=O) groups is 2. The van der Waals surface area contributed by atoms with Gasteiger partial charge in [-0.25, -0.2) is 9.59 Å². The second-order valence-electron chi connectivity index (χ2n) is 15.6. The van der Waals surface area contributed by atoms with Crippen LogP contribution in [0.3, 0.4) is 0 Å². The number of hydrogen-bond acceptors (Lipinski definition) is 7. The molecule has 0 saturated heterocycles. The number of hydrogen-bond donors (Lipinski definition) is 1. The maximum Gasteiger partial charge on any atom is 0.339 e. The first-order valence-corrected chi connectivity index (χ1v) is 20.4. The van der Waals surface area contributed by atoms with Crippen molar-refractivity contribution >= 4 is 33.7 Å². The Morgan fingerprint density at radius 3 is 1.46 bits per heavy atom. The molecule has 0 bridgehead atoms. The number of carboxylic acid groups (broad SMARTS) is 1. The number of carboxylic acids is 1. The van der Waals surface area contributed by atoms with Crippen LogP contribution in [0.15, 0.2) is 155 Å². The fourth-order valence-electron chi connectivity index (χ4n) is 8.08. The van der Waals surface area contributed by atoms with Crippen molar-refractivity contribution < 1.29 is 19.4 Å². The van der Waals surface area contributed by atoms with E-state index in [4.69, 9.17) is 4.74 Å². The lowest BCUT2D eigenvalue weighted by molar-refractivity contribution is 0.0598. The van der Waals surface area contributed by atoms with Crippen LogP contribution in [0.1, 0.15) is 91.9 Å². The largest absolute Gasteiger partial charge is 0.478 e. The van der Waals surface area contributed by atoms with Gasteiger partial charge >= 0.3 is 11.9 Å². The van der Waals surface area contributed by atoms with Gasteiger partial charge in [0, 0.05) is 59.5 Å². The number of aromatic carboxylic acids is 1. The first-order valence-electron chi connectivity index (χ1n) is 20.4. The molecule has 2 fully saturated rings. The Morgan fingerprint density at radius 2 is 1.03 bits per heavy atom. The smallest absolute Gasteiger partial charge is 0.339 e. The van der Waals surface area contributed by atoms with Gasteiger partial charge in [-0.05, 0) is 120 Å². The predicted molar refractivity (Wildman–Crippen MR) is 235 cm³/mol. The number of fused-ring (bicyclic) bond motifs is 2. The van der Waals surface area contributed by atoms with Gasteiger partial charge in [-0.15, -0.1) is 0 Å². The van der Waals surface area contributed by atoms with E-state index >= 15 is 0 Å². The van der Waals surface area contributed by atoms with Crippen LogP contribution in [0, 0.1) is 0 Å². The first kappa shape index (κ1) is 39.0. The lowest BCUT2D eigenvalue weighted by Crippen LogP contribution is -2.17. The summed E-state index contributed by atoms with van der Waals surface area (Å²) < 4.78 is 8.42. The molecule has 0 spiro atoms. The van der Waals surface area contributed by atoms with Gasteiger partial charge in [0.25, 0.3) is 11.1 Å². The molecule has 2 aliphatic rings. The van der Waals surface area contributed by atoms with Crippen LogP contribution >= 0.6 is 0 Å². The molecule has 2 saturated carbocycles. The van der Waals surface area contributed by atoms with Crippen molar-refractivity contribution in [1.82, 2.24) is 19.1 Å². The second kappa shape index (κ2) is 16.7. The van der Waals surface area contributed by atoms with E-state index in [0.717, 1.165) is 81.1 Å². The predicted octanol–water partition coefficient (Wildman–Crippen LogP) is 9.19. The van der Waals surface area contributed by atoms with Gasteiger partial charge in [0.1, 0.15) is 0 Å². The highest BCUT2D eigenvalue weighted by molar-refractivity contribution is 5.92. The minimum absolute atomic E-state index is 0.0852. The third-order valence-corrected chi connectivity index (χ3v) is 11.5. The van der Waals surface area contributed by atoms with Gasteiger partial charge in [-0.1, -0.05) is 60.7 Å². The van der Waals surface area contributed by atoms with Crippen LogP contribution in [0.25, 0.3) is 33.2 Å². The molecule has 10 rings (SSSR count). The van der Waals surface area contributed by atoms with Gasteiger partial charge < -0.3 is 9.84 Å². The summed E-state index contributed by atoms with van der Waals surface area (Å²) in [6, 6.07) is 41.3. The molecule has 302 valence electrons. The van der Waals surface area contributed by atoms with Gasteiger partial charge in [0.05, 0.1) is 40.7 Å². The number of carbonyl (C=O) groups excluding carboxylic acids is 1. The van der Waals surface area contributed by atoms with Crippen molar-refractivity contribution in [2.45, 2.75) is 50.4 Å². The normalized spacial score (nSPS) is 13.4. The van der Waals surface area contributed by atoms with Crippen LogP contribution in [-0.4, -0.2) is 43.3 Å². The first-order chi connectivity index (χ1) is 29.8. The van der Waals surface area contributed by atoms with Crippen LogP contribution < -0.4 is 11.1 Å². The minimum atomic E-state index is -0.957. The molecule has 4 aromatic heterocycles. The number of para-hydroxylation sites is 2. The fraction of sp³-hybridized carbons (Fsp3) is 0.176. The molecule has 1 N–H and O–H groups in total. The third-order valence-electron chi connectivity index (χ3n) is 11.5. The van der Waals surface area contributed by atoms with E-state index < -0.39 is 5.97 Å². The summed E-state index contributed by atoms with van der Waals surface area (Å²) in [4.78, 5) is 58.8. The molecular formula is C51H42N4O6. The van der Waals surface area contributed by atoms with E-state index in [0.29, 0.717) is 41.6 Å². The number of esters is 1. The molecule has 0 amide bonds. The van der Waals surface area contributed by atoms with E-state index in [2.05, 4.69) is 9.97 Å². The Kier molecular flexibility index (Phi) is 10.7. The number of benzene rings is 4. The molecule has 0 atom stereocenters. The summed E-state index contributed by atoms with van der Waals surface area (Å²) in [5.74, 6) is -0.377. The van der Waals surface area contributed by atoms with Gasteiger partial charge in [0.15, 0.2) is 0 Å². The Morgan fingerprint density at radius 1 is 0.590 bits per heavy atom. The zero-order valence-electron chi connectivity index (χ0n) is 33.5. The zero-order valence-corrected chi connectivity index (χ0v) is 33.5. The lowest BCUT2D eigenvalue weighted by atomic mass is 9.99. The summed E-state index contributed by atoms with van der Waals surface area (Å²) in [6.07, 6.45) is 9.02. The molecule has 10 heteroatoms. The molecule has 2 aliphatic carbocycles. The summed E-state index contributed by atoms with van der Waals surface area (Å²) in [6.45, 7) is 0. The number of aromatic nitrogens is 4. The molecule has 8 aromatic rings. The second-order valence-corrected chi connectivity index (χ2v) is 15.6. The summed E-state index contributed by atoms with van der Waals surface area (Å²) in [5, 5.41) is 11.6. The topological polar surface area (TPSA) is 133 Å². The lowest BCUT2D eigenvalue weighted by Gasteiger charge is -2.14.